The van der Waals surface area contributed by atoms with E-state index in [2.05, 4.69) is 14.9 Å². The maximum absolute atomic E-state index is 13.8. The Balaban J connectivity index is 1.82. The number of aromatic nitrogens is 3. The van der Waals surface area contributed by atoms with Gasteiger partial charge in [0.25, 0.3) is 0 Å². The first-order valence-corrected chi connectivity index (χ1v) is 9.31. The minimum Gasteiger partial charge on any atom is -0.212 e. The molecule has 0 aliphatic rings. The fraction of sp³-hybridized carbons (Fsp3) is 0.176. The topological polar surface area (TPSA) is 76.9 Å². The number of sulfonamides is 1. The molecule has 0 radical (unpaired) electrons. The molecule has 1 heterocycles. The second kappa shape index (κ2) is 7.54. The smallest absolute Gasteiger partial charge is 0.212 e. The fourth-order valence-corrected chi connectivity index (χ4v) is 3.85. The summed E-state index contributed by atoms with van der Waals surface area (Å²) in [6.45, 7) is 0.230. The number of nitrogens with zero attached hydrogens (tertiary/aromatic N) is 3. The Bertz CT molecular complexity index is 915. The molecule has 6 nitrogen and oxygen atoms in total. The van der Waals surface area contributed by atoms with Crippen LogP contribution in [0.15, 0.2) is 67.0 Å². The Hall–Kier alpha value is -2.58. The summed E-state index contributed by atoms with van der Waals surface area (Å²) in [6, 6.07) is 14.4. The summed E-state index contributed by atoms with van der Waals surface area (Å²) in [6.07, 6.45) is 3.05. The molecule has 0 aliphatic carbocycles. The molecule has 0 spiro atoms. The fourth-order valence-electron chi connectivity index (χ4n) is 2.48. The normalized spacial score (nSPS) is 12.8. The molecule has 130 valence electrons. The van der Waals surface area contributed by atoms with Gasteiger partial charge in [0.05, 0.1) is 30.7 Å². The van der Waals surface area contributed by atoms with Crippen LogP contribution in [-0.2, 0) is 22.3 Å². The second-order valence-corrected chi connectivity index (χ2v) is 7.27. The first-order chi connectivity index (χ1) is 12.0. The maximum atomic E-state index is 13.8. The van der Waals surface area contributed by atoms with Gasteiger partial charge in [-0.1, -0.05) is 48.5 Å². The summed E-state index contributed by atoms with van der Waals surface area (Å²) in [5, 5.41) is 8.04. The number of nitrogens with one attached hydrogen (secondary N) is 1. The van der Waals surface area contributed by atoms with Gasteiger partial charge in [-0.05, 0) is 11.6 Å². The number of hydrogen-bond acceptors (Lipinski definition) is 4. The van der Waals surface area contributed by atoms with Crippen LogP contribution in [0, 0.1) is 5.82 Å². The number of halogens is 1. The third-order valence-electron chi connectivity index (χ3n) is 3.64. The Morgan fingerprint density at radius 2 is 1.64 bits per heavy atom. The third-order valence-corrected chi connectivity index (χ3v) is 4.97. The quantitative estimate of drug-likeness (QED) is 0.701. The predicted molar refractivity (Wildman–Crippen MR) is 91.4 cm³/mol. The summed E-state index contributed by atoms with van der Waals surface area (Å²) < 4.78 is 41.5. The van der Waals surface area contributed by atoms with Crippen molar-refractivity contribution < 1.29 is 12.8 Å². The molecule has 3 aromatic rings. The molecular formula is C17H17FN4O2S. The summed E-state index contributed by atoms with van der Waals surface area (Å²) in [4.78, 5) is 1.41. The monoisotopic (exact) mass is 360 g/mol. The number of hydrogen-bond donors (Lipinski definition) is 1. The minimum absolute atomic E-state index is 0.124. The third kappa shape index (κ3) is 4.71. The van der Waals surface area contributed by atoms with E-state index < -0.39 is 27.6 Å². The van der Waals surface area contributed by atoms with E-state index in [4.69, 9.17) is 0 Å². The molecule has 2 aromatic carbocycles. The van der Waals surface area contributed by atoms with Gasteiger partial charge in [-0.3, -0.25) is 0 Å². The summed E-state index contributed by atoms with van der Waals surface area (Å²) in [5.41, 5.74) is 0.899. The van der Waals surface area contributed by atoms with Crippen LogP contribution >= 0.6 is 0 Å². The van der Waals surface area contributed by atoms with Gasteiger partial charge in [0.15, 0.2) is 0 Å². The van der Waals surface area contributed by atoms with E-state index in [1.807, 2.05) is 30.3 Å². The lowest BCUT2D eigenvalue weighted by atomic mass is 10.1. The van der Waals surface area contributed by atoms with Crippen molar-refractivity contribution in [1.29, 1.82) is 0 Å². The van der Waals surface area contributed by atoms with Crippen LogP contribution in [-0.4, -0.2) is 23.4 Å². The molecule has 0 amide bonds. The van der Waals surface area contributed by atoms with E-state index in [1.165, 1.54) is 35.4 Å². The molecule has 25 heavy (non-hydrogen) atoms. The summed E-state index contributed by atoms with van der Waals surface area (Å²) in [5.74, 6) is -0.979. The standard InChI is InChI=1S/C17H17FN4O2S/c18-16-9-5-4-8-15(16)13-25(23,24)21-17(12-22-19-10-11-20-22)14-6-2-1-3-7-14/h1-11,17,21H,12-13H2. The van der Waals surface area contributed by atoms with Crippen molar-refractivity contribution >= 4 is 10.0 Å². The van der Waals surface area contributed by atoms with Crippen molar-refractivity contribution in [3.8, 4) is 0 Å². The maximum Gasteiger partial charge on any atom is 0.216 e. The molecule has 1 atom stereocenters. The van der Waals surface area contributed by atoms with E-state index in [0.717, 1.165) is 5.56 Å². The van der Waals surface area contributed by atoms with Crippen LogP contribution in [0.5, 0.6) is 0 Å². The number of benzene rings is 2. The predicted octanol–water partition coefficient (Wildman–Crippen LogP) is 2.28. The van der Waals surface area contributed by atoms with Gasteiger partial charge in [0, 0.05) is 5.56 Å². The van der Waals surface area contributed by atoms with Crippen molar-refractivity contribution in [1.82, 2.24) is 19.7 Å². The van der Waals surface area contributed by atoms with Gasteiger partial charge in [0.2, 0.25) is 10.0 Å². The molecule has 1 unspecified atom stereocenters. The molecule has 3 rings (SSSR count). The SMILES string of the molecule is O=S(=O)(Cc1ccccc1F)NC(Cn1nccn1)c1ccccc1. The average Bonchev–Trinajstić information content (AvgIpc) is 3.10. The van der Waals surface area contributed by atoms with Crippen molar-refractivity contribution in [3.05, 3.63) is 83.9 Å². The van der Waals surface area contributed by atoms with Crippen LogP contribution in [0.25, 0.3) is 0 Å². The molecular weight excluding hydrogens is 343 g/mol. The largest absolute Gasteiger partial charge is 0.216 e. The highest BCUT2D eigenvalue weighted by molar-refractivity contribution is 7.88. The van der Waals surface area contributed by atoms with Crippen molar-refractivity contribution in [2.45, 2.75) is 18.3 Å². The zero-order valence-electron chi connectivity index (χ0n) is 13.3. The molecule has 8 heteroatoms. The van der Waals surface area contributed by atoms with Crippen molar-refractivity contribution in [2.75, 3.05) is 0 Å². The van der Waals surface area contributed by atoms with Crippen molar-refractivity contribution in [2.24, 2.45) is 0 Å². The van der Waals surface area contributed by atoms with E-state index >= 15 is 0 Å². The summed E-state index contributed by atoms with van der Waals surface area (Å²) in [7, 11) is -3.77. The second-order valence-electron chi connectivity index (χ2n) is 5.52. The van der Waals surface area contributed by atoms with Gasteiger partial charge in [0.1, 0.15) is 5.82 Å². The molecule has 0 fully saturated rings. The summed E-state index contributed by atoms with van der Waals surface area (Å²) >= 11 is 0. The lowest BCUT2D eigenvalue weighted by Crippen LogP contribution is -2.33. The lowest BCUT2D eigenvalue weighted by Gasteiger charge is -2.19. The van der Waals surface area contributed by atoms with E-state index in [0.29, 0.717) is 0 Å². The molecule has 0 saturated carbocycles. The van der Waals surface area contributed by atoms with E-state index in [1.54, 1.807) is 6.07 Å². The average molecular weight is 360 g/mol. The van der Waals surface area contributed by atoms with Gasteiger partial charge < -0.3 is 0 Å². The highest BCUT2D eigenvalue weighted by Gasteiger charge is 2.22. The molecule has 0 aliphatic heterocycles. The molecule has 0 bridgehead atoms. The Morgan fingerprint density at radius 3 is 2.32 bits per heavy atom. The van der Waals surface area contributed by atoms with Gasteiger partial charge in [-0.25, -0.2) is 17.5 Å². The zero-order chi connectivity index (χ0) is 17.7. The highest BCUT2D eigenvalue weighted by Crippen LogP contribution is 2.18. The molecule has 0 saturated heterocycles. The Morgan fingerprint density at radius 1 is 1.00 bits per heavy atom. The lowest BCUT2D eigenvalue weighted by molar-refractivity contribution is 0.444. The Labute approximate surface area is 145 Å². The van der Waals surface area contributed by atoms with Crippen molar-refractivity contribution in [3.63, 3.8) is 0 Å². The van der Waals surface area contributed by atoms with Gasteiger partial charge >= 0.3 is 0 Å². The molecule has 1 N–H and O–H groups in total. The Kier molecular flexibility index (Phi) is 5.20. The minimum atomic E-state index is -3.77. The first kappa shape index (κ1) is 17.2. The number of rotatable bonds is 7. The zero-order valence-corrected chi connectivity index (χ0v) is 14.1. The highest BCUT2D eigenvalue weighted by atomic mass is 32.2. The van der Waals surface area contributed by atoms with E-state index in [9.17, 15) is 12.8 Å². The van der Waals surface area contributed by atoms with Crippen LogP contribution in [0.1, 0.15) is 17.2 Å². The van der Waals surface area contributed by atoms with Gasteiger partial charge in [-0.2, -0.15) is 15.0 Å². The van der Waals surface area contributed by atoms with Crippen LogP contribution in [0.3, 0.4) is 0 Å². The van der Waals surface area contributed by atoms with Crippen LogP contribution in [0.2, 0.25) is 0 Å². The van der Waals surface area contributed by atoms with Crippen LogP contribution in [0.4, 0.5) is 4.39 Å². The molecule has 1 aromatic heterocycles. The van der Waals surface area contributed by atoms with Crippen LogP contribution < -0.4 is 4.72 Å². The van der Waals surface area contributed by atoms with E-state index in [-0.39, 0.29) is 12.1 Å². The first-order valence-electron chi connectivity index (χ1n) is 7.66. The van der Waals surface area contributed by atoms with Gasteiger partial charge in [-0.15, -0.1) is 0 Å².